The molecule has 0 aliphatic carbocycles. The Morgan fingerprint density at radius 1 is 1.18 bits per heavy atom. The van der Waals surface area contributed by atoms with Crippen molar-refractivity contribution in [3.63, 3.8) is 0 Å². The second-order valence-corrected chi connectivity index (χ2v) is 4.63. The lowest BCUT2D eigenvalue weighted by Crippen LogP contribution is -2.00. The molecule has 0 N–H and O–H groups in total. The molecule has 0 bridgehead atoms. The van der Waals surface area contributed by atoms with Gasteiger partial charge in [0.05, 0.1) is 0 Å². The second kappa shape index (κ2) is 7.31. The number of terminal acetylenes is 1. The summed E-state index contributed by atoms with van der Waals surface area (Å²) in [5.74, 6) is 6.55. The van der Waals surface area contributed by atoms with Crippen molar-refractivity contribution in [1.82, 2.24) is 0 Å². The molecular weight excluding hydrogens is 208 g/mol. The van der Waals surface area contributed by atoms with Crippen molar-refractivity contribution < 1.29 is 4.79 Å². The van der Waals surface area contributed by atoms with Crippen LogP contribution in [-0.4, -0.2) is 5.78 Å². The molecule has 0 amide bonds. The molecule has 0 unspecified atom stereocenters. The Hall–Kier alpha value is -1.99. The number of hydrogen-bond acceptors (Lipinski definition) is 1. The highest BCUT2D eigenvalue weighted by molar-refractivity contribution is 6.08. The Kier molecular flexibility index (Phi) is 6.46. The molecule has 0 aliphatic rings. The predicted octanol–water partition coefficient (Wildman–Crippen LogP) is 3.23. The fourth-order valence-electron chi connectivity index (χ4n) is 0.815. The Labute approximate surface area is 104 Å². The van der Waals surface area contributed by atoms with E-state index in [9.17, 15) is 4.79 Å². The minimum Gasteiger partial charge on any atom is -0.270 e. The SMILES string of the molecule is C#CC(=O)C#CC(C)(C)C.Cc1ccccc1. The van der Waals surface area contributed by atoms with Crippen LogP contribution in [-0.2, 0) is 4.79 Å². The first-order chi connectivity index (χ1) is 7.85. The maximum absolute atomic E-state index is 10.4. The Morgan fingerprint density at radius 2 is 1.71 bits per heavy atom. The molecule has 1 heteroatoms. The lowest BCUT2D eigenvalue weighted by molar-refractivity contribution is -0.108. The first kappa shape index (κ1) is 15.0. The highest BCUT2D eigenvalue weighted by atomic mass is 16.1. The van der Waals surface area contributed by atoms with Gasteiger partial charge in [0, 0.05) is 5.41 Å². The van der Waals surface area contributed by atoms with Gasteiger partial charge >= 0.3 is 0 Å². The smallest absolute Gasteiger partial charge is 0.270 e. The minimum absolute atomic E-state index is 0.146. The van der Waals surface area contributed by atoms with Crippen LogP contribution in [0.3, 0.4) is 0 Å². The van der Waals surface area contributed by atoms with Gasteiger partial charge in [-0.3, -0.25) is 4.79 Å². The number of rotatable bonds is 0. The van der Waals surface area contributed by atoms with Crippen LogP contribution in [0, 0.1) is 36.5 Å². The lowest BCUT2D eigenvalue weighted by atomic mass is 9.98. The van der Waals surface area contributed by atoms with Gasteiger partial charge in [-0.2, -0.15) is 0 Å². The number of Topliss-reactive ketones (excluding diaryl/α,β-unsaturated/α-hetero) is 1. The third-order valence-electron chi connectivity index (χ3n) is 1.62. The summed E-state index contributed by atoms with van der Waals surface area (Å²) < 4.78 is 0. The van der Waals surface area contributed by atoms with Crippen LogP contribution >= 0.6 is 0 Å². The van der Waals surface area contributed by atoms with Gasteiger partial charge in [0.15, 0.2) is 0 Å². The van der Waals surface area contributed by atoms with E-state index in [1.54, 1.807) is 0 Å². The summed E-state index contributed by atoms with van der Waals surface area (Å²) in [6, 6.07) is 10.3. The molecule has 0 saturated carbocycles. The molecule has 0 radical (unpaired) electrons. The highest BCUT2D eigenvalue weighted by Crippen LogP contribution is 2.09. The zero-order valence-corrected chi connectivity index (χ0v) is 10.9. The number of hydrogen-bond donors (Lipinski definition) is 0. The van der Waals surface area contributed by atoms with Crippen molar-refractivity contribution in [2.75, 3.05) is 0 Å². The molecule has 17 heavy (non-hydrogen) atoms. The fourth-order valence-corrected chi connectivity index (χ4v) is 0.815. The van der Waals surface area contributed by atoms with Gasteiger partial charge in [-0.05, 0) is 39.5 Å². The summed E-state index contributed by atoms with van der Waals surface area (Å²) in [6.07, 6.45) is 4.80. The molecule has 0 saturated heterocycles. The van der Waals surface area contributed by atoms with E-state index >= 15 is 0 Å². The molecule has 0 aromatic heterocycles. The molecule has 0 heterocycles. The van der Waals surface area contributed by atoms with Gasteiger partial charge < -0.3 is 0 Å². The Balaban J connectivity index is 0.000000318. The maximum Gasteiger partial charge on any atom is 0.278 e. The molecule has 1 aromatic carbocycles. The van der Waals surface area contributed by atoms with Crippen LogP contribution in [0.4, 0.5) is 0 Å². The van der Waals surface area contributed by atoms with Crippen molar-refractivity contribution in [3.8, 4) is 24.2 Å². The van der Waals surface area contributed by atoms with Crippen LogP contribution < -0.4 is 0 Å². The second-order valence-electron chi connectivity index (χ2n) is 4.63. The standard InChI is InChI=1S/C9H10O.C7H8/c1-5-8(10)6-7-9(2,3)4;1-7-5-3-2-4-6-7/h1H,2-4H3;2-6H,1H3. The monoisotopic (exact) mass is 226 g/mol. The van der Waals surface area contributed by atoms with Gasteiger partial charge in [-0.25, -0.2) is 0 Å². The molecule has 0 spiro atoms. The quantitative estimate of drug-likeness (QED) is 0.490. The molecule has 0 aliphatic heterocycles. The maximum atomic E-state index is 10.4. The lowest BCUT2D eigenvalue weighted by Gasteiger charge is -2.05. The molecule has 1 rings (SSSR count). The van der Waals surface area contributed by atoms with Crippen LogP contribution in [0.2, 0.25) is 0 Å². The summed E-state index contributed by atoms with van der Waals surface area (Å²) >= 11 is 0. The third-order valence-corrected chi connectivity index (χ3v) is 1.62. The average Bonchev–Trinajstić information content (AvgIpc) is 2.27. The zero-order chi connectivity index (χ0) is 13.3. The minimum atomic E-state index is -0.449. The van der Waals surface area contributed by atoms with E-state index in [1.165, 1.54) is 5.56 Å². The summed E-state index contributed by atoms with van der Waals surface area (Å²) in [5.41, 5.74) is 1.18. The van der Waals surface area contributed by atoms with E-state index in [2.05, 4.69) is 30.9 Å². The molecule has 88 valence electrons. The van der Waals surface area contributed by atoms with Crippen molar-refractivity contribution in [3.05, 3.63) is 35.9 Å². The van der Waals surface area contributed by atoms with Gasteiger partial charge in [0.25, 0.3) is 5.78 Å². The number of carbonyl (C=O) groups is 1. The Bertz CT molecular complexity index is 444. The van der Waals surface area contributed by atoms with Crippen molar-refractivity contribution in [2.45, 2.75) is 27.7 Å². The molecule has 0 atom stereocenters. The number of benzene rings is 1. The summed E-state index contributed by atoms with van der Waals surface area (Å²) in [4.78, 5) is 10.4. The fraction of sp³-hybridized carbons (Fsp3) is 0.312. The summed E-state index contributed by atoms with van der Waals surface area (Å²) in [6.45, 7) is 7.84. The third kappa shape index (κ3) is 10.3. The van der Waals surface area contributed by atoms with Crippen LogP contribution in [0.5, 0.6) is 0 Å². The molecule has 0 fully saturated rings. The van der Waals surface area contributed by atoms with Gasteiger partial charge in [-0.15, -0.1) is 6.42 Å². The first-order valence-corrected chi connectivity index (χ1v) is 5.40. The van der Waals surface area contributed by atoms with Gasteiger partial charge in [0.1, 0.15) is 0 Å². The number of carbonyl (C=O) groups excluding carboxylic acids is 1. The largest absolute Gasteiger partial charge is 0.278 e. The average molecular weight is 226 g/mol. The Morgan fingerprint density at radius 3 is 2.00 bits per heavy atom. The van der Waals surface area contributed by atoms with Crippen LogP contribution in [0.1, 0.15) is 26.3 Å². The van der Waals surface area contributed by atoms with E-state index in [0.717, 1.165) is 0 Å². The zero-order valence-electron chi connectivity index (χ0n) is 10.9. The van der Waals surface area contributed by atoms with Crippen molar-refractivity contribution >= 4 is 5.78 Å². The normalized spacial score (nSPS) is 8.88. The number of ketones is 1. The molecular formula is C16H18O. The molecule has 1 aromatic rings. The van der Waals surface area contributed by atoms with Gasteiger partial charge in [0.2, 0.25) is 0 Å². The number of aryl methyl sites for hydroxylation is 1. The summed E-state index contributed by atoms with van der Waals surface area (Å²) in [7, 11) is 0. The van der Waals surface area contributed by atoms with Crippen molar-refractivity contribution in [1.29, 1.82) is 0 Å². The predicted molar refractivity (Wildman–Crippen MR) is 72.3 cm³/mol. The van der Waals surface area contributed by atoms with Crippen LogP contribution in [0.15, 0.2) is 30.3 Å². The van der Waals surface area contributed by atoms with E-state index < -0.39 is 5.78 Å². The van der Waals surface area contributed by atoms with E-state index in [0.29, 0.717) is 0 Å². The van der Waals surface area contributed by atoms with E-state index in [1.807, 2.05) is 44.9 Å². The first-order valence-electron chi connectivity index (χ1n) is 5.40. The van der Waals surface area contributed by atoms with E-state index in [-0.39, 0.29) is 5.41 Å². The topological polar surface area (TPSA) is 17.1 Å². The molecule has 1 nitrogen and oxygen atoms in total. The van der Waals surface area contributed by atoms with Gasteiger partial charge in [-0.1, -0.05) is 41.8 Å². The van der Waals surface area contributed by atoms with Crippen LogP contribution in [0.25, 0.3) is 0 Å². The van der Waals surface area contributed by atoms with E-state index in [4.69, 9.17) is 6.42 Å². The summed E-state index contributed by atoms with van der Waals surface area (Å²) in [5, 5.41) is 0. The van der Waals surface area contributed by atoms with Crippen molar-refractivity contribution in [2.24, 2.45) is 5.41 Å². The highest BCUT2D eigenvalue weighted by Gasteiger charge is 2.03.